The molecule has 3 nitrogen and oxygen atoms in total. The summed E-state index contributed by atoms with van der Waals surface area (Å²) in [6.45, 7) is 0. The molecule has 0 radical (unpaired) electrons. The molecule has 0 bridgehead atoms. The summed E-state index contributed by atoms with van der Waals surface area (Å²) >= 11 is 0. The molecule has 130 valence electrons. The van der Waals surface area contributed by atoms with Crippen LogP contribution in [0.5, 0.6) is 0 Å². The first-order chi connectivity index (χ1) is 13.3. The Morgan fingerprint density at radius 2 is 1.37 bits per heavy atom. The molecule has 3 aliphatic rings. The largest absolute Gasteiger partial charge is 0.288 e. The van der Waals surface area contributed by atoms with Gasteiger partial charge in [0.05, 0.1) is 11.1 Å². The highest BCUT2D eigenvalue weighted by molar-refractivity contribution is 6.22. The van der Waals surface area contributed by atoms with Crippen LogP contribution in [0.4, 0.5) is 0 Å². The number of hydrazine groups is 1. The standard InChI is InChI=1S/C24H18N2O/c27-24-22-16-8-2-1-7-15(16)13-14-21(22)26(25-24)23-19-11-5-3-9-17(19)18-10-4-6-12-20(18)23/h1-12,21-22H,13-14H2/p+1. The van der Waals surface area contributed by atoms with Crippen LogP contribution in [0.1, 0.15) is 34.6 Å². The summed E-state index contributed by atoms with van der Waals surface area (Å²) in [6, 6.07) is 25.6. The van der Waals surface area contributed by atoms with Crippen molar-refractivity contribution < 1.29 is 9.48 Å². The first-order valence-corrected chi connectivity index (χ1v) is 9.56. The van der Waals surface area contributed by atoms with Crippen molar-refractivity contribution in [2.75, 3.05) is 0 Å². The minimum absolute atomic E-state index is 0.0950. The van der Waals surface area contributed by atoms with Crippen molar-refractivity contribution in [3.8, 4) is 11.1 Å². The van der Waals surface area contributed by atoms with E-state index in [1.807, 2.05) is 6.07 Å². The van der Waals surface area contributed by atoms with Gasteiger partial charge in [0.15, 0.2) is 6.04 Å². The number of nitrogens with zero attached hydrogens (tertiary/aromatic N) is 1. The third-order valence-corrected chi connectivity index (χ3v) is 6.22. The zero-order chi connectivity index (χ0) is 18.0. The van der Waals surface area contributed by atoms with Crippen LogP contribution in [0, 0.1) is 0 Å². The summed E-state index contributed by atoms with van der Waals surface area (Å²) in [7, 11) is 0. The highest BCUT2D eigenvalue weighted by Crippen LogP contribution is 2.41. The summed E-state index contributed by atoms with van der Waals surface area (Å²) < 4.78 is 2.16. The molecule has 1 amide bonds. The second-order valence-corrected chi connectivity index (χ2v) is 7.57. The molecule has 3 heteroatoms. The molecule has 1 fully saturated rings. The summed E-state index contributed by atoms with van der Waals surface area (Å²) in [4.78, 5) is 13.0. The second-order valence-electron chi connectivity index (χ2n) is 7.57. The SMILES string of the molecule is O=C1N[N+](=C2c3ccccc3-c3ccccc32)C2CCc3ccccc3C12. The van der Waals surface area contributed by atoms with Crippen LogP contribution in [0.15, 0.2) is 72.8 Å². The first-order valence-electron chi connectivity index (χ1n) is 9.56. The highest BCUT2D eigenvalue weighted by atomic mass is 16.2. The molecular formula is C24H19N2O+. The molecular weight excluding hydrogens is 332 g/mol. The number of amides is 1. The van der Waals surface area contributed by atoms with Crippen LogP contribution in [-0.4, -0.2) is 22.3 Å². The number of benzene rings is 3. The van der Waals surface area contributed by atoms with Crippen molar-refractivity contribution in [3.63, 3.8) is 0 Å². The monoisotopic (exact) mass is 351 g/mol. The average molecular weight is 351 g/mol. The van der Waals surface area contributed by atoms with Crippen molar-refractivity contribution in [1.82, 2.24) is 5.43 Å². The van der Waals surface area contributed by atoms with E-state index < -0.39 is 0 Å². The maximum Gasteiger partial charge on any atom is 0.288 e. The third-order valence-electron chi connectivity index (χ3n) is 6.22. The Labute approximate surface area is 158 Å². The van der Waals surface area contributed by atoms with Gasteiger partial charge in [-0.05, 0) is 40.8 Å². The molecule has 0 aromatic heterocycles. The second kappa shape index (κ2) is 5.40. The fourth-order valence-electron chi connectivity index (χ4n) is 5.08. The van der Waals surface area contributed by atoms with E-state index >= 15 is 0 Å². The first kappa shape index (κ1) is 14.9. The molecule has 2 atom stereocenters. The van der Waals surface area contributed by atoms with Gasteiger partial charge in [-0.2, -0.15) is 0 Å². The highest BCUT2D eigenvalue weighted by Gasteiger charge is 2.51. The minimum Gasteiger partial charge on any atom is -0.268 e. The van der Waals surface area contributed by atoms with E-state index in [0.717, 1.165) is 18.6 Å². The van der Waals surface area contributed by atoms with Gasteiger partial charge in [0.2, 0.25) is 5.71 Å². The van der Waals surface area contributed by atoms with Crippen LogP contribution in [0.2, 0.25) is 0 Å². The number of carbonyl (C=O) groups is 1. The molecule has 1 N–H and O–H groups in total. The van der Waals surface area contributed by atoms with E-state index in [1.165, 1.54) is 33.4 Å². The number of hydrogen-bond donors (Lipinski definition) is 1. The van der Waals surface area contributed by atoms with Crippen molar-refractivity contribution in [2.24, 2.45) is 0 Å². The quantitative estimate of drug-likeness (QED) is 0.482. The number of carbonyl (C=O) groups excluding carboxylic acids is 1. The van der Waals surface area contributed by atoms with Crippen LogP contribution in [0.3, 0.4) is 0 Å². The molecule has 0 spiro atoms. The number of hydrazone groups is 1. The lowest BCUT2D eigenvalue weighted by molar-refractivity contribution is -0.595. The van der Waals surface area contributed by atoms with Crippen molar-refractivity contribution in [2.45, 2.75) is 24.8 Å². The predicted octanol–water partition coefficient (Wildman–Crippen LogP) is 3.66. The molecule has 3 aromatic rings. The van der Waals surface area contributed by atoms with Crippen LogP contribution in [-0.2, 0) is 11.2 Å². The molecule has 0 saturated carbocycles. The number of aryl methyl sites for hydroxylation is 1. The Morgan fingerprint density at radius 1 is 0.778 bits per heavy atom. The Bertz CT molecular complexity index is 1100. The average Bonchev–Trinajstić information content (AvgIpc) is 3.23. The van der Waals surface area contributed by atoms with E-state index in [4.69, 9.17) is 0 Å². The van der Waals surface area contributed by atoms with Crippen molar-refractivity contribution in [3.05, 3.63) is 95.1 Å². The van der Waals surface area contributed by atoms with E-state index in [1.54, 1.807) is 0 Å². The molecule has 1 saturated heterocycles. The Kier molecular flexibility index (Phi) is 2.98. The maximum atomic E-state index is 13.0. The van der Waals surface area contributed by atoms with Gasteiger partial charge in [0.25, 0.3) is 5.91 Å². The fraction of sp³-hybridized carbons (Fsp3) is 0.167. The summed E-state index contributed by atoms with van der Waals surface area (Å²) in [5.41, 5.74) is 11.8. The third kappa shape index (κ3) is 1.97. The molecule has 6 rings (SSSR count). The van der Waals surface area contributed by atoms with Gasteiger partial charge in [-0.15, -0.1) is 10.1 Å². The molecule has 3 aromatic carbocycles. The van der Waals surface area contributed by atoms with E-state index in [0.29, 0.717) is 0 Å². The lowest BCUT2D eigenvalue weighted by Gasteiger charge is -2.22. The van der Waals surface area contributed by atoms with Crippen LogP contribution >= 0.6 is 0 Å². The zero-order valence-electron chi connectivity index (χ0n) is 14.9. The number of nitrogens with one attached hydrogen (secondary N) is 1. The van der Waals surface area contributed by atoms with Crippen LogP contribution in [0.25, 0.3) is 11.1 Å². The van der Waals surface area contributed by atoms with Gasteiger partial charge in [0.1, 0.15) is 5.92 Å². The Hall–Kier alpha value is -3.20. The van der Waals surface area contributed by atoms with Gasteiger partial charge in [-0.1, -0.05) is 60.7 Å². The summed E-state index contributed by atoms with van der Waals surface area (Å²) in [5.74, 6) is 0.0175. The van der Waals surface area contributed by atoms with Gasteiger partial charge in [-0.25, -0.2) is 0 Å². The molecule has 1 heterocycles. The molecule has 2 aliphatic carbocycles. The molecule has 1 aliphatic heterocycles. The Morgan fingerprint density at radius 3 is 2.07 bits per heavy atom. The molecule has 2 unspecified atom stereocenters. The number of rotatable bonds is 0. The maximum absolute atomic E-state index is 13.0. The minimum atomic E-state index is -0.0950. The Balaban J connectivity index is 1.60. The number of hydrogen-bond acceptors (Lipinski definition) is 1. The fourth-order valence-corrected chi connectivity index (χ4v) is 5.08. The predicted molar refractivity (Wildman–Crippen MR) is 105 cm³/mol. The van der Waals surface area contributed by atoms with E-state index in [9.17, 15) is 4.79 Å². The lowest BCUT2D eigenvalue weighted by atomic mass is 9.80. The van der Waals surface area contributed by atoms with Gasteiger partial charge in [-0.3, -0.25) is 4.79 Å². The van der Waals surface area contributed by atoms with Gasteiger partial charge >= 0.3 is 0 Å². The summed E-state index contributed by atoms with van der Waals surface area (Å²) in [5, 5.41) is 0. The molecule has 27 heavy (non-hydrogen) atoms. The van der Waals surface area contributed by atoms with Crippen molar-refractivity contribution in [1.29, 1.82) is 0 Å². The smallest absolute Gasteiger partial charge is 0.268 e. The van der Waals surface area contributed by atoms with Crippen molar-refractivity contribution >= 4 is 11.6 Å². The lowest BCUT2D eigenvalue weighted by Crippen LogP contribution is -2.36. The van der Waals surface area contributed by atoms with Crippen LogP contribution < -0.4 is 5.43 Å². The summed E-state index contributed by atoms with van der Waals surface area (Å²) in [6.07, 6.45) is 1.99. The normalized spacial score (nSPS) is 22.0. The topological polar surface area (TPSA) is 32.1 Å². The van der Waals surface area contributed by atoms with E-state index in [-0.39, 0.29) is 17.9 Å². The van der Waals surface area contributed by atoms with Gasteiger partial charge in [0, 0.05) is 6.42 Å². The van der Waals surface area contributed by atoms with Gasteiger partial charge < -0.3 is 0 Å². The van der Waals surface area contributed by atoms with E-state index in [2.05, 4.69) is 76.8 Å². The number of fused-ring (bicyclic) bond motifs is 6. The zero-order valence-corrected chi connectivity index (χ0v) is 14.9.